The van der Waals surface area contributed by atoms with Crippen molar-refractivity contribution >= 4 is 11.8 Å². The Morgan fingerprint density at radius 2 is 1.70 bits per heavy atom. The summed E-state index contributed by atoms with van der Waals surface area (Å²) in [5.74, 6) is 0.00795. The molecule has 3 aliphatic rings. The van der Waals surface area contributed by atoms with E-state index >= 15 is 0 Å². The van der Waals surface area contributed by atoms with Crippen molar-refractivity contribution in [1.82, 2.24) is 20.4 Å². The highest BCUT2D eigenvalue weighted by Crippen LogP contribution is 2.24. The number of amides is 2. The smallest absolute Gasteiger partial charge is 0.247 e. The first kappa shape index (κ1) is 18.0. The molecular formula is C21H28N4O2. The number of piperazine rings is 1. The quantitative estimate of drug-likeness (QED) is 0.847. The minimum Gasteiger partial charge on any atom is -0.375 e. The van der Waals surface area contributed by atoms with Crippen molar-refractivity contribution in [3.05, 3.63) is 47.3 Å². The second kappa shape index (κ2) is 8.13. The Bertz CT molecular complexity index is 723. The van der Waals surface area contributed by atoms with Gasteiger partial charge in [-0.25, -0.2) is 0 Å². The van der Waals surface area contributed by atoms with E-state index in [-0.39, 0.29) is 18.2 Å². The summed E-state index contributed by atoms with van der Waals surface area (Å²) >= 11 is 0. The van der Waals surface area contributed by atoms with E-state index in [2.05, 4.69) is 39.8 Å². The van der Waals surface area contributed by atoms with Crippen LogP contribution in [0.25, 0.3) is 0 Å². The van der Waals surface area contributed by atoms with Crippen LogP contribution in [-0.4, -0.2) is 53.8 Å². The van der Waals surface area contributed by atoms with Crippen molar-refractivity contribution in [3.63, 3.8) is 0 Å². The van der Waals surface area contributed by atoms with Gasteiger partial charge >= 0.3 is 0 Å². The maximum Gasteiger partial charge on any atom is 0.247 e. The maximum atomic E-state index is 12.7. The number of nitrogens with zero attached hydrogens (tertiary/aromatic N) is 2. The van der Waals surface area contributed by atoms with Gasteiger partial charge in [0.05, 0.1) is 6.42 Å². The molecule has 1 aromatic carbocycles. The fourth-order valence-corrected chi connectivity index (χ4v) is 4.16. The van der Waals surface area contributed by atoms with Gasteiger partial charge in [0.2, 0.25) is 11.8 Å². The number of hydrogen-bond acceptors (Lipinski definition) is 4. The second-order valence-electron chi connectivity index (χ2n) is 7.70. The second-order valence-corrected chi connectivity index (χ2v) is 7.70. The number of rotatable bonds is 4. The van der Waals surface area contributed by atoms with Crippen molar-refractivity contribution in [1.29, 1.82) is 0 Å². The van der Waals surface area contributed by atoms with Crippen LogP contribution in [0.5, 0.6) is 0 Å². The van der Waals surface area contributed by atoms with Crippen LogP contribution in [0.3, 0.4) is 0 Å². The van der Waals surface area contributed by atoms with E-state index in [0.717, 1.165) is 69.8 Å². The minimum absolute atomic E-state index is 0.0632. The fraction of sp³-hybridized carbons (Fsp3) is 0.524. The van der Waals surface area contributed by atoms with E-state index in [1.807, 2.05) is 11.0 Å². The van der Waals surface area contributed by atoms with E-state index in [1.54, 1.807) is 0 Å². The molecule has 2 heterocycles. The van der Waals surface area contributed by atoms with Gasteiger partial charge < -0.3 is 15.5 Å². The SMILES string of the molecule is O=C1NC2=C(CCCC2)NC1CC(=O)N1CCN(Cc2ccccc2)CC1. The van der Waals surface area contributed by atoms with Crippen molar-refractivity contribution in [2.24, 2.45) is 0 Å². The fourth-order valence-electron chi connectivity index (χ4n) is 4.16. The van der Waals surface area contributed by atoms with Gasteiger partial charge in [-0.05, 0) is 31.2 Å². The molecule has 2 aliphatic heterocycles. The Morgan fingerprint density at radius 3 is 2.44 bits per heavy atom. The first-order valence-corrected chi connectivity index (χ1v) is 10.0. The Labute approximate surface area is 160 Å². The van der Waals surface area contributed by atoms with Crippen LogP contribution in [0.4, 0.5) is 0 Å². The Hall–Kier alpha value is -2.34. The van der Waals surface area contributed by atoms with E-state index < -0.39 is 6.04 Å². The number of nitrogens with one attached hydrogen (secondary N) is 2. The zero-order chi connectivity index (χ0) is 18.6. The predicted molar refractivity (Wildman–Crippen MR) is 103 cm³/mol. The molecule has 0 saturated carbocycles. The van der Waals surface area contributed by atoms with Crippen LogP contribution in [0.15, 0.2) is 41.7 Å². The third-order valence-corrected chi connectivity index (χ3v) is 5.76. The molecule has 4 rings (SSSR count). The monoisotopic (exact) mass is 368 g/mol. The van der Waals surface area contributed by atoms with Gasteiger partial charge in [-0.2, -0.15) is 0 Å². The predicted octanol–water partition coefficient (Wildman–Crippen LogP) is 1.59. The van der Waals surface area contributed by atoms with Gasteiger partial charge in [-0.15, -0.1) is 0 Å². The van der Waals surface area contributed by atoms with Gasteiger partial charge in [0.25, 0.3) is 0 Å². The van der Waals surface area contributed by atoms with E-state index in [1.165, 1.54) is 5.56 Å². The van der Waals surface area contributed by atoms with Crippen molar-refractivity contribution < 1.29 is 9.59 Å². The van der Waals surface area contributed by atoms with Crippen molar-refractivity contribution in [2.45, 2.75) is 44.7 Å². The lowest BCUT2D eigenvalue weighted by molar-refractivity contribution is -0.136. The normalized spacial score (nSPS) is 23.5. The molecule has 2 N–H and O–H groups in total. The molecule has 0 radical (unpaired) electrons. The Morgan fingerprint density at radius 1 is 1.00 bits per heavy atom. The van der Waals surface area contributed by atoms with Gasteiger partial charge in [0, 0.05) is 44.1 Å². The molecular weight excluding hydrogens is 340 g/mol. The molecule has 1 aromatic rings. The summed E-state index contributed by atoms with van der Waals surface area (Å²) in [5, 5.41) is 6.34. The number of allylic oxidation sites excluding steroid dienone is 2. The first-order valence-electron chi connectivity index (χ1n) is 10.0. The third kappa shape index (κ3) is 4.33. The topological polar surface area (TPSA) is 64.7 Å². The average molecular weight is 368 g/mol. The molecule has 27 heavy (non-hydrogen) atoms. The summed E-state index contributed by atoms with van der Waals surface area (Å²) in [6.07, 6.45) is 4.40. The average Bonchev–Trinajstić information content (AvgIpc) is 2.70. The first-order chi connectivity index (χ1) is 13.2. The Kier molecular flexibility index (Phi) is 5.43. The summed E-state index contributed by atoms with van der Waals surface area (Å²) in [4.78, 5) is 29.3. The highest BCUT2D eigenvalue weighted by molar-refractivity contribution is 5.90. The van der Waals surface area contributed by atoms with Crippen LogP contribution < -0.4 is 10.6 Å². The minimum atomic E-state index is -0.434. The summed E-state index contributed by atoms with van der Waals surface area (Å²) in [6, 6.07) is 9.99. The zero-order valence-corrected chi connectivity index (χ0v) is 15.7. The summed E-state index contributed by atoms with van der Waals surface area (Å²) in [5.41, 5.74) is 3.47. The maximum absolute atomic E-state index is 12.7. The summed E-state index contributed by atoms with van der Waals surface area (Å²) in [6.45, 7) is 4.13. The standard InChI is InChI=1S/C21H28N4O2/c26-20(14-19-21(27)23-18-9-5-4-8-17(18)22-19)25-12-10-24(11-13-25)15-16-6-2-1-3-7-16/h1-3,6-7,19,22H,4-5,8-15H2,(H,23,27). The summed E-state index contributed by atoms with van der Waals surface area (Å²) < 4.78 is 0. The molecule has 6 nitrogen and oxygen atoms in total. The van der Waals surface area contributed by atoms with Gasteiger partial charge in [0.1, 0.15) is 6.04 Å². The summed E-state index contributed by atoms with van der Waals surface area (Å²) in [7, 11) is 0. The number of carbonyl (C=O) groups is 2. The van der Waals surface area contributed by atoms with Gasteiger partial charge in [-0.3, -0.25) is 14.5 Å². The molecule has 1 aliphatic carbocycles. The third-order valence-electron chi connectivity index (χ3n) is 5.76. The molecule has 0 spiro atoms. The molecule has 1 fully saturated rings. The lowest BCUT2D eigenvalue weighted by Gasteiger charge is -2.36. The van der Waals surface area contributed by atoms with E-state index in [9.17, 15) is 9.59 Å². The molecule has 0 bridgehead atoms. The molecule has 1 atom stereocenters. The van der Waals surface area contributed by atoms with Crippen molar-refractivity contribution in [3.8, 4) is 0 Å². The lowest BCUT2D eigenvalue weighted by Crippen LogP contribution is -2.54. The lowest BCUT2D eigenvalue weighted by atomic mass is 9.97. The van der Waals surface area contributed by atoms with Crippen LogP contribution in [-0.2, 0) is 16.1 Å². The highest BCUT2D eigenvalue weighted by Gasteiger charge is 2.32. The van der Waals surface area contributed by atoms with Crippen molar-refractivity contribution in [2.75, 3.05) is 26.2 Å². The molecule has 144 valence electrons. The highest BCUT2D eigenvalue weighted by atomic mass is 16.2. The Balaban J connectivity index is 1.27. The number of hydrogen-bond donors (Lipinski definition) is 2. The van der Waals surface area contributed by atoms with Crippen LogP contribution in [0.2, 0.25) is 0 Å². The number of benzene rings is 1. The van der Waals surface area contributed by atoms with E-state index in [0.29, 0.717) is 0 Å². The number of carbonyl (C=O) groups excluding carboxylic acids is 2. The van der Waals surface area contributed by atoms with Gasteiger partial charge in [0.15, 0.2) is 0 Å². The largest absolute Gasteiger partial charge is 0.375 e. The molecule has 1 unspecified atom stereocenters. The molecule has 6 heteroatoms. The zero-order valence-electron chi connectivity index (χ0n) is 15.7. The van der Waals surface area contributed by atoms with Crippen LogP contribution in [0, 0.1) is 0 Å². The molecule has 1 saturated heterocycles. The van der Waals surface area contributed by atoms with E-state index in [4.69, 9.17) is 0 Å². The van der Waals surface area contributed by atoms with Gasteiger partial charge in [-0.1, -0.05) is 30.3 Å². The molecule has 2 amide bonds. The molecule has 0 aromatic heterocycles. The van der Waals surface area contributed by atoms with Crippen LogP contribution in [0.1, 0.15) is 37.7 Å². The van der Waals surface area contributed by atoms with Crippen LogP contribution >= 0.6 is 0 Å².